The van der Waals surface area contributed by atoms with Gasteiger partial charge in [-0.25, -0.2) is 0 Å². The predicted molar refractivity (Wildman–Crippen MR) is 63.6 cm³/mol. The molecular formula is C11H13BrN2O. The monoisotopic (exact) mass is 268 g/mol. The van der Waals surface area contributed by atoms with Crippen LogP contribution in [0.2, 0.25) is 0 Å². The molecule has 0 aliphatic carbocycles. The number of aryl methyl sites for hydroxylation is 1. The average molecular weight is 269 g/mol. The number of nitrogens with one attached hydrogen (secondary N) is 1. The van der Waals surface area contributed by atoms with Crippen molar-refractivity contribution in [2.24, 2.45) is 0 Å². The van der Waals surface area contributed by atoms with E-state index in [4.69, 9.17) is 0 Å². The number of carbonyl (C=O) groups is 1. The zero-order chi connectivity index (χ0) is 11.1. The zero-order valence-corrected chi connectivity index (χ0v) is 9.96. The average Bonchev–Trinajstić information content (AvgIpc) is 2.25. The number of pyridine rings is 1. The fourth-order valence-electron chi connectivity index (χ4n) is 1.09. The first-order chi connectivity index (χ1) is 7.18. The highest BCUT2D eigenvalue weighted by atomic mass is 79.9. The quantitative estimate of drug-likeness (QED) is 0.888. The predicted octanol–water partition coefficient (Wildman–Crippen LogP) is 2.04. The van der Waals surface area contributed by atoms with Crippen molar-refractivity contribution in [3.63, 3.8) is 0 Å². The minimum absolute atomic E-state index is 0.0273. The molecule has 3 nitrogen and oxygen atoms in total. The number of halogens is 1. The summed E-state index contributed by atoms with van der Waals surface area (Å²) in [5, 5.41) is 2.75. The zero-order valence-electron chi connectivity index (χ0n) is 8.37. The summed E-state index contributed by atoms with van der Waals surface area (Å²) < 4.78 is 0.775. The van der Waals surface area contributed by atoms with Crippen molar-refractivity contribution in [2.75, 3.05) is 6.54 Å². The summed E-state index contributed by atoms with van der Waals surface area (Å²) in [6.07, 6.45) is 4.69. The molecule has 1 heterocycles. The molecule has 0 bridgehead atoms. The number of carbonyl (C=O) groups excluding carboxylic acids is 1. The summed E-state index contributed by atoms with van der Waals surface area (Å²) >= 11 is 3.18. The number of amides is 1. The molecule has 1 rings (SSSR count). The third kappa shape index (κ3) is 5.32. The van der Waals surface area contributed by atoms with Crippen LogP contribution in [0.5, 0.6) is 0 Å². The second kappa shape index (κ2) is 6.35. The molecule has 0 saturated carbocycles. The molecule has 4 heteroatoms. The van der Waals surface area contributed by atoms with Gasteiger partial charge >= 0.3 is 0 Å². The Bertz CT molecular complexity index is 338. The summed E-state index contributed by atoms with van der Waals surface area (Å²) in [5.74, 6) is 0.0273. The van der Waals surface area contributed by atoms with E-state index in [1.54, 1.807) is 12.4 Å². The van der Waals surface area contributed by atoms with Gasteiger partial charge in [-0.15, -0.1) is 0 Å². The van der Waals surface area contributed by atoms with E-state index in [1.165, 1.54) is 0 Å². The maximum absolute atomic E-state index is 11.3. The second-order valence-corrected chi connectivity index (χ2v) is 4.28. The maximum atomic E-state index is 11.3. The van der Waals surface area contributed by atoms with Crippen LogP contribution in [0.1, 0.15) is 12.0 Å². The molecule has 80 valence electrons. The standard InChI is InChI=1S/C11H13BrN2O/c1-9(12)7-14-11(15)5-4-10-3-2-6-13-8-10/h2-3,6,8H,1,4-5,7H2,(H,14,15). The highest BCUT2D eigenvalue weighted by Gasteiger charge is 2.01. The summed E-state index contributed by atoms with van der Waals surface area (Å²) in [6.45, 7) is 4.12. The van der Waals surface area contributed by atoms with Gasteiger partial charge in [-0.3, -0.25) is 9.78 Å². The van der Waals surface area contributed by atoms with Crippen molar-refractivity contribution >= 4 is 21.8 Å². The Balaban J connectivity index is 2.26. The van der Waals surface area contributed by atoms with Crippen LogP contribution >= 0.6 is 15.9 Å². The number of nitrogens with zero attached hydrogens (tertiary/aromatic N) is 1. The van der Waals surface area contributed by atoms with E-state index >= 15 is 0 Å². The summed E-state index contributed by atoms with van der Waals surface area (Å²) in [5.41, 5.74) is 1.07. The van der Waals surface area contributed by atoms with Crippen molar-refractivity contribution in [1.29, 1.82) is 0 Å². The van der Waals surface area contributed by atoms with Crippen LogP contribution in [0.4, 0.5) is 0 Å². The molecule has 0 radical (unpaired) electrons. The van der Waals surface area contributed by atoms with Crippen molar-refractivity contribution < 1.29 is 4.79 Å². The Morgan fingerprint density at radius 1 is 1.60 bits per heavy atom. The molecule has 0 saturated heterocycles. The minimum atomic E-state index is 0.0273. The van der Waals surface area contributed by atoms with E-state index in [0.717, 1.165) is 10.0 Å². The normalized spacial score (nSPS) is 9.67. The van der Waals surface area contributed by atoms with Crippen LogP contribution in [0, 0.1) is 0 Å². The first-order valence-corrected chi connectivity index (χ1v) is 5.46. The van der Waals surface area contributed by atoms with E-state index in [9.17, 15) is 4.79 Å². The lowest BCUT2D eigenvalue weighted by Gasteiger charge is -2.03. The molecule has 0 unspecified atom stereocenters. The van der Waals surface area contributed by atoms with Crippen LogP contribution in [-0.4, -0.2) is 17.4 Å². The highest BCUT2D eigenvalue weighted by molar-refractivity contribution is 9.11. The molecule has 1 N–H and O–H groups in total. The van der Waals surface area contributed by atoms with Gasteiger partial charge in [-0.05, 0) is 18.1 Å². The Labute approximate surface area is 97.7 Å². The Morgan fingerprint density at radius 3 is 3.00 bits per heavy atom. The largest absolute Gasteiger partial charge is 0.352 e. The van der Waals surface area contributed by atoms with Gasteiger partial charge in [0.15, 0.2) is 0 Å². The van der Waals surface area contributed by atoms with Gasteiger partial charge in [0.25, 0.3) is 0 Å². The molecule has 0 aliphatic rings. The van der Waals surface area contributed by atoms with E-state index in [1.807, 2.05) is 12.1 Å². The lowest BCUT2D eigenvalue weighted by atomic mass is 10.1. The van der Waals surface area contributed by atoms with Crippen LogP contribution < -0.4 is 5.32 Å². The Morgan fingerprint density at radius 2 is 2.40 bits per heavy atom. The van der Waals surface area contributed by atoms with Gasteiger partial charge in [0.1, 0.15) is 0 Å². The van der Waals surface area contributed by atoms with Gasteiger partial charge in [-0.1, -0.05) is 28.6 Å². The lowest BCUT2D eigenvalue weighted by molar-refractivity contribution is -0.120. The number of hydrogen-bond acceptors (Lipinski definition) is 2. The van der Waals surface area contributed by atoms with Crippen LogP contribution in [0.25, 0.3) is 0 Å². The Kier molecular flexibility index (Phi) is 5.04. The number of rotatable bonds is 5. The topological polar surface area (TPSA) is 42.0 Å². The van der Waals surface area contributed by atoms with Crippen molar-refractivity contribution in [2.45, 2.75) is 12.8 Å². The van der Waals surface area contributed by atoms with E-state index in [2.05, 4.69) is 32.8 Å². The van der Waals surface area contributed by atoms with E-state index in [-0.39, 0.29) is 5.91 Å². The molecule has 0 aromatic carbocycles. The molecule has 0 aliphatic heterocycles. The summed E-state index contributed by atoms with van der Waals surface area (Å²) in [6, 6.07) is 3.83. The van der Waals surface area contributed by atoms with Gasteiger partial charge in [0.2, 0.25) is 5.91 Å². The highest BCUT2D eigenvalue weighted by Crippen LogP contribution is 2.01. The first kappa shape index (κ1) is 11.9. The van der Waals surface area contributed by atoms with E-state index in [0.29, 0.717) is 19.4 Å². The van der Waals surface area contributed by atoms with Crippen LogP contribution in [0.3, 0.4) is 0 Å². The van der Waals surface area contributed by atoms with Crippen LogP contribution in [-0.2, 0) is 11.2 Å². The van der Waals surface area contributed by atoms with E-state index < -0.39 is 0 Å². The van der Waals surface area contributed by atoms with Gasteiger partial charge < -0.3 is 5.32 Å². The molecule has 0 fully saturated rings. The van der Waals surface area contributed by atoms with Crippen molar-refractivity contribution in [3.05, 3.63) is 41.2 Å². The third-order valence-corrected chi connectivity index (χ3v) is 2.12. The SMILES string of the molecule is C=C(Br)CNC(=O)CCc1cccnc1. The molecule has 0 spiro atoms. The Hall–Kier alpha value is -1.16. The molecule has 1 aromatic rings. The maximum Gasteiger partial charge on any atom is 0.220 e. The van der Waals surface area contributed by atoms with Gasteiger partial charge in [-0.2, -0.15) is 0 Å². The summed E-state index contributed by atoms with van der Waals surface area (Å²) in [7, 11) is 0. The van der Waals surface area contributed by atoms with Gasteiger partial charge in [0.05, 0.1) is 0 Å². The summed E-state index contributed by atoms with van der Waals surface area (Å²) in [4.78, 5) is 15.3. The fraction of sp³-hybridized carbons (Fsp3) is 0.273. The first-order valence-electron chi connectivity index (χ1n) is 4.67. The smallest absolute Gasteiger partial charge is 0.220 e. The molecular weight excluding hydrogens is 256 g/mol. The molecule has 1 aromatic heterocycles. The second-order valence-electron chi connectivity index (χ2n) is 3.16. The number of aromatic nitrogens is 1. The van der Waals surface area contributed by atoms with Crippen LogP contribution in [0.15, 0.2) is 35.6 Å². The van der Waals surface area contributed by atoms with Crippen molar-refractivity contribution in [1.82, 2.24) is 10.3 Å². The number of hydrogen-bond donors (Lipinski definition) is 1. The molecule has 1 amide bonds. The minimum Gasteiger partial charge on any atom is -0.352 e. The molecule has 15 heavy (non-hydrogen) atoms. The lowest BCUT2D eigenvalue weighted by Crippen LogP contribution is -2.24. The van der Waals surface area contributed by atoms with Gasteiger partial charge in [0, 0.05) is 29.8 Å². The fourth-order valence-corrected chi connectivity index (χ4v) is 1.23. The molecule has 0 atom stereocenters. The third-order valence-electron chi connectivity index (χ3n) is 1.84. The van der Waals surface area contributed by atoms with Crippen molar-refractivity contribution in [3.8, 4) is 0 Å².